The Labute approximate surface area is 115 Å². The molecule has 0 saturated carbocycles. The summed E-state index contributed by atoms with van der Waals surface area (Å²) in [5, 5.41) is 3.42. The van der Waals surface area contributed by atoms with Gasteiger partial charge in [-0.1, -0.05) is 24.3 Å². The highest BCUT2D eigenvalue weighted by molar-refractivity contribution is 7.91. The number of benzene rings is 1. The number of sulfone groups is 1. The Bertz CT molecular complexity index is 567. The van der Waals surface area contributed by atoms with Gasteiger partial charge in [0, 0.05) is 6.04 Å². The minimum Gasteiger partial charge on any atom is -0.313 e. The zero-order valence-corrected chi connectivity index (χ0v) is 12.1. The van der Waals surface area contributed by atoms with Gasteiger partial charge in [0.15, 0.2) is 9.84 Å². The van der Waals surface area contributed by atoms with Gasteiger partial charge in [-0.3, -0.25) is 0 Å². The fourth-order valence-electron chi connectivity index (χ4n) is 3.82. The zero-order chi connectivity index (χ0) is 13.5. The van der Waals surface area contributed by atoms with Crippen LogP contribution in [0, 0.1) is 11.8 Å². The normalized spacial score (nSPS) is 33.0. The summed E-state index contributed by atoms with van der Waals surface area (Å²) in [6.45, 7) is 0. The number of hydrogen-bond donors (Lipinski definition) is 1. The van der Waals surface area contributed by atoms with Crippen LogP contribution in [0.4, 0.5) is 0 Å². The predicted molar refractivity (Wildman–Crippen MR) is 76.8 cm³/mol. The number of aryl methyl sites for hydroxylation is 1. The van der Waals surface area contributed by atoms with Crippen LogP contribution in [0.1, 0.15) is 30.0 Å². The van der Waals surface area contributed by atoms with Crippen molar-refractivity contribution in [3.05, 3.63) is 35.4 Å². The molecular formula is C15H21NO2S. The lowest BCUT2D eigenvalue weighted by atomic mass is 9.73. The van der Waals surface area contributed by atoms with Crippen molar-refractivity contribution in [2.45, 2.75) is 25.3 Å². The van der Waals surface area contributed by atoms with E-state index < -0.39 is 9.84 Å². The molecule has 0 bridgehead atoms. The SMILES string of the molecule is CNC1c2ccccc2CCC1C1CCS(=O)(=O)C1. The summed E-state index contributed by atoms with van der Waals surface area (Å²) in [6.07, 6.45) is 3.02. The molecule has 1 fully saturated rings. The topological polar surface area (TPSA) is 46.2 Å². The Morgan fingerprint density at radius 3 is 2.68 bits per heavy atom. The van der Waals surface area contributed by atoms with E-state index in [1.54, 1.807) is 0 Å². The van der Waals surface area contributed by atoms with Crippen LogP contribution >= 0.6 is 0 Å². The predicted octanol–water partition coefficient (Wildman–Crippen LogP) is 1.94. The first-order chi connectivity index (χ1) is 9.11. The van der Waals surface area contributed by atoms with Crippen LogP contribution in [0.25, 0.3) is 0 Å². The van der Waals surface area contributed by atoms with Crippen molar-refractivity contribution < 1.29 is 8.42 Å². The Kier molecular flexibility index (Phi) is 3.39. The lowest BCUT2D eigenvalue weighted by Crippen LogP contribution is -2.35. The highest BCUT2D eigenvalue weighted by Gasteiger charge is 2.39. The van der Waals surface area contributed by atoms with Gasteiger partial charge in [-0.25, -0.2) is 8.42 Å². The molecule has 1 aliphatic carbocycles. The van der Waals surface area contributed by atoms with E-state index in [0.717, 1.165) is 19.3 Å². The van der Waals surface area contributed by atoms with Gasteiger partial charge < -0.3 is 5.32 Å². The molecule has 0 radical (unpaired) electrons. The first-order valence-corrected chi connectivity index (χ1v) is 8.88. The van der Waals surface area contributed by atoms with Gasteiger partial charge in [0.05, 0.1) is 11.5 Å². The highest BCUT2D eigenvalue weighted by Crippen LogP contribution is 2.41. The van der Waals surface area contributed by atoms with Gasteiger partial charge in [0.2, 0.25) is 0 Å². The molecule has 1 N–H and O–H groups in total. The molecule has 3 nitrogen and oxygen atoms in total. The molecule has 0 amide bonds. The van der Waals surface area contributed by atoms with Crippen molar-refractivity contribution in [1.82, 2.24) is 5.32 Å². The first kappa shape index (κ1) is 13.1. The molecule has 4 heteroatoms. The van der Waals surface area contributed by atoms with Gasteiger partial charge in [-0.2, -0.15) is 0 Å². The van der Waals surface area contributed by atoms with E-state index in [1.165, 1.54) is 11.1 Å². The van der Waals surface area contributed by atoms with Crippen molar-refractivity contribution in [2.24, 2.45) is 11.8 Å². The Balaban J connectivity index is 1.88. The first-order valence-electron chi connectivity index (χ1n) is 7.06. The quantitative estimate of drug-likeness (QED) is 0.900. The average Bonchev–Trinajstić information content (AvgIpc) is 2.77. The molecule has 3 unspecified atom stereocenters. The monoisotopic (exact) mass is 279 g/mol. The second-order valence-electron chi connectivity index (χ2n) is 5.83. The van der Waals surface area contributed by atoms with Crippen molar-refractivity contribution in [2.75, 3.05) is 18.6 Å². The summed E-state index contributed by atoms with van der Waals surface area (Å²) in [4.78, 5) is 0. The van der Waals surface area contributed by atoms with E-state index in [-0.39, 0.29) is 0 Å². The van der Waals surface area contributed by atoms with Crippen LogP contribution in [0.3, 0.4) is 0 Å². The Morgan fingerprint density at radius 1 is 1.21 bits per heavy atom. The minimum absolute atomic E-state index is 0.309. The molecule has 1 heterocycles. The van der Waals surface area contributed by atoms with Crippen LogP contribution in [0.15, 0.2) is 24.3 Å². The lowest BCUT2D eigenvalue weighted by Gasteiger charge is -2.36. The van der Waals surface area contributed by atoms with Crippen LogP contribution in [0.2, 0.25) is 0 Å². The molecule has 1 saturated heterocycles. The number of rotatable bonds is 2. The van der Waals surface area contributed by atoms with E-state index in [2.05, 4.69) is 29.6 Å². The maximum atomic E-state index is 11.7. The molecule has 3 rings (SSSR count). The second-order valence-corrected chi connectivity index (χ2v) is 8.06. The third-order valence-corrected chi connectivity index (χ3v) is 6.54. The number of fused-ring (bicyclic) bond motifs is 1. The van der Waals surface area contributed by atoms with Gasteiger partial charge in [-0.05, 0) is 49.3 Å². The van der Waals surface area contributed by atoms with E-state index in [9.17, 15) is 8.42 Å². The molecule has 2 aliphatic rings. The summed E-state index contributed by atoms with van der Waals surface area (Å²) in [6, 6.07) is 8.86. The fraction of sp³-hybridized carbons (Fsp3) is 0.600. The molecule has 3 atom stereocenters. The van der Waals surface area contributed by atoms with Crippen LogP contribution in [-0.4, -0.2) is 27.0 Å². The minimum atomic E-state index is -2.78. The summed E-state index contributed by atoms with van der Waals surface area (Å²) >= 11 is 0. The molecule has 1 aliphatic heterocycles. The Hall–Kier alpha value is -0.870. The van der Waals surface area contributed by atoms with Crippen molar-refractivity contribution in [3.63, 3.8) is 0 Å². The molecule has 1 aromatic rings. The third-order valence-electron chi connectivity index (χ3n) is 4.75. The van der Waals surface area contributed by atoms with E-state index in [1.807, 2.05) is 7.05 Å². The third kappa shape index (κ3) is 2.43. The van der Waals surface area contributed by atoms with Crippen molar-refractivity contribution >= 4 is 9.84 Å². The summed E-state index contributed by atoms with van der Waals surface area (Å²) in [5.74, 6) is 1.55. The molecule has 0 spiro atoms. The van der Waals surface area contributed by atoms with E-state index in [4.69, 9.17) is 0 Å². The maximum absolute atomic E-state index is 11.7. The second kappa shape index (κ2) is 4.91. The smallest absolute Gasteiger partial charge is 0.150 e. The summed E-state index contributed by atoms with van der Waals surface area (Å²) in [7, 11) is -0.792. The zero-order valence-electron chi connectivity index (χ0n) is 11.3. The molecule has 1 aromatic carbocycles. The highest BCUT2D eigenvalue weighted by atomic mass is 32.2. The van der Waals surface area contributed by atoms with E-state index in [0.29, 0.717) is 29.4 Å². The Morgan fingerprint density at radius 2 is 2.00 bits per heavy atom. The van der Waals surface area contributed by atoms with Gasteiger partial charge in [0.25, 0.3) is 0 Å². The molecule has 104 valence electrons. The van der Waals surface area contributed by atoms with Gasteiger partial charge in [0.1, 0.15) is 0 Å². The summed E-state index contributed by atoms with van der Waals surface area (Å²) < 4.78 is 23.4. The van der Waals surface area contributed by atoms with Crippen molar-refractivity contribution in [3.8, 4) is 0 Å². The number of nitrogens with one attached hydrogen (secondary N) is 1. The molecular weight excluding hydrogens is 258 g/mol. The van der Waals surface area contributed by atoms with Crippen LogP contribution < -0.4 is 5.32 Å². The van der Waals surface area contributed by atoms with Crippen LogP contribution in [-0.2, 0) is 16.3 Å². The molecule has 0 aromatic heterocycles. The molecule has 19 heavy (non-hydrogen) atoms. The van der Waals surface area contributed by atoms with Crippen molar-refractivity contribution in [1.29, 1.82) is 0 Å². The van der Waals surface area contributed by atoms with Gasteiger partial charge in [-0.15, -0.1) is 0 Å². The standard InChI is InChI=1S/C15H21NO2S/c1-16-15-13-5-3-2-4-11(13)6-7-14(15)12-8-9-19(17,18)10-12/h2-5,12,14-16H,6-10H2,1H3. The van der Waals surface area contributed by atoms with E-state index >= 15 is 0 Å². The fourth-order valence-corrected chi connectivity index (χ4v) is 5.72. The van der Waals surface area contributed by atoms with Crippen LogP contribution in [0.5, 0.6) is 0 Å². The van der Waals surface area contributed by atoms with Gasteiger partial charge >= 0.3 is 0 Å². The lowest BCUT2D eigenvalue weighted by molar-refractivity contribution is 0.247. The largest absolute Gasteiger partial charge is 0.313 e. The maximum Gasteiger partial charge on any atom is 0.150 e. The average molecular weight is 279 g/mol. The summed E-state index contributed by atoms with van der Waals surface area (Å²) in [5.41, 5.74) is 2.78. The number of hydrogen-bond acceptors (Lipinski definition) is 3.